The second kappa shape index (κ2) is 18.1. The van der Waals surface area contributed by atoms with Crippen LogP contribution in [0.25, 0.3) is 0 Å². The summed E-state index contributed by atoms with van der Waals surface area (Å²) in [5.41, 5.74) is 1.63. The van der Waals surface area contributed by atoms with Crippen molar-refractivity contribution in [3.63, 3.8) is 0 Å². The van der Waals surface area contributed by atoms with E-state index in [1.165, 1.54) is 4.90 Å². The molecule has 0 radical (unpaired) electrons. The lowest BCUT2D eigenvalue weighted by Crippen LogP contribution is -2.19. The topological polar surface area (TPSA) is 55.7 Å². The molecule has 168 valence electrons. The molecular weight excluding hydrogens is 394 g/mol. The van der Waals surface area contributed by atoms with Gasteiger partial charge in [-0.05, 0) is 62.6 Å². The number of hydrogen-bond acceptors (Lipinski definition) is 5. The largest absolute Gasteiger partial charge is 0.378 e. The minimum absolute atomic E-state index is 0.00829. The van der Waals surface area contributed by atoms with Gasteiger partial charge in [-0.1, -0.05) is 39.0 Å². The molecule has 0 saturated carbocycles. The lowest BCUT2D eigenvalue weighted by atomic mass is 9.87. The average molecular weight is 434 g/mol. The Balaban J connectivity index is 0.000000712. The number of benzene rings is 1. The molecule has 2 atom stereocenters. The second-order valence-electron chi connectivity index (χ2n) is 6.68. The number of Topliss-reactive ketones (excluding diaryl/α,β-unsaturated/α-hetero) is 1. The molecule has 0 bridgehead atoms. The Morgan fingerprint density at radius 2 is 1.97 bits per heavy atom. The Kier molecular flexibility index (Phi) is 17.0. The molecule has 2 rings (SSSR count). The fraction of sp³-hybridized carbons (Fsp3) is 0.560. The Labute approximate surface area is 187 Å². The van der Waals surface area contributed by atoms with E-state index in [0.29, 0.717) is 17.9 Å². The number of ether oxygens (including phenoxy) is 1. The molecule has 1 aromatic carbocycles. The number of carbonyl (C=O) groups excluding carboxylic acids is 2. The molecule has 4 nitrogen and oxygen atoms in total. The zero-order valence-electron chi connectivity index (χ0n) is 19.5. The molecular formula is C25H39NO3S. The summed E-state index contributed by atoms with van der Waals surface area (Å²) in [6, 6.07) is 8.45. The van der Waals surface area contributed by atoms with Crippen molar-refractivity contribution >= 4 is 29.5 Å². The van der Waals surface area contributed by atoms with Gasteiger partial charge in [0.1, 0.15) is 5.78 Å². The Hall–Kier alpha value is -1.72. The predicted octanol–water partition coefficient (Wildman–Crippen LogP) is 6.29. The third kappa shape index (κ3) is 10.9. The molecule has 1 saturated heterocycles. The monoisotopic (exact) mass is 433 g/mol. The highest BCUT2D eigenvalue weighted by atomic mass is 32.2. The summed E-state index contributed by atoms with van der Waals surface area (Å²) in [7, 11) is 1.59. The van der Waals surface area contributed by atoms with E-state index in [4.69, 9.17) is 4.74 Å². The van der Waals surface area contributed by atoms with Crippen LogP contribution in [0.5, 0.6) is 0 Å². The molecule has 5 heteroatoms. The van der Waals surface area contributed by atoms with Gasteiger partial charge in [0.05, 0.1) is 11.8 Å². The first-order valence-corrected chi connectivity index (χ1v) is 12.1. The quantitative estimate of drug-likeness (QED) is 0.261. The van der Waals surface area contributed by atoms with Crippen molar-refractivity contribution in [1.82, 2.24) is 0 Å². The second-order valence-corrected chi connectivity index (χ2v) is 7.56. The number of allylic oxidation sites excluding steroid dienone is 2. The van der Waals surface area contributed by atoms with Gasteiger partial charge in [0, 0.05) is 30.9 Å². The van der Waals surface area contributed by atoms with Gasteiger partial charge in [-0.15, -0.1) is 11.8 Å². The first kappa shape index (κ1) is 28.3. The van der Waals surface area contributed by atoms with E-state index in [-0.39, 0.29) is 12.0 Å². The number of aliphatic imine (C=N–C) groups is 1. The number of rotatable bonds is 9. The molecule has 1 fully saturated rings. The number of carbonyl (C=O) groups is 2. The molecule has 1 aromatic rings. The molecule has 0 aromatic heterocycles. The van der Waals surface area contributed by atoms with Crippen LogP contribution >= 0.6 is 11.8 Å². The first-order chi connectivity index (χ1) is 14.6. The van der Waals surface area contributed by atoms with E-state index in [2.05, 4.69) is 42.4 Å². The van der Waals surface area contributed by atoms with Gasteiger partial charge in [-0.2, -0.15) is 0 Å². The van der Waals surface area contributed by atoms with Crippen LogP contribution in [0.15, 0.2) is 46.3 Å². The van der Waals surface area contributed by atoms with Gasteiger partial charge in [0.25, 0.3) is 0 Å². The van der Waals surface area contributed by atoms with E-state index in [9.17, 15) is 9.59 Å². The molecule has 1 heterocycles. The van der Waals surface area contributed by atoms with Crippen LogP contribution in [-0.4, -0.2) is 43.8 Å². The third-order valence-electron chi connectivity index (χ3n) is 4.64. The predicted molar refractivity (Wildman–Crippen MR) is 130 cm³/mol. The first-order valence-electron chi connectivity index (χ1n) is 10.9. The molecule has 0 N–H and O–H groups in total. The molecule has 0 aliphatic carbocycles. The van der Waals surface area contributed by atoms with Crippen molar-refractivity contribution < 1.29 is 14.3 Å². The number of ketones is 1. The van der Waals surface area contributed by atoms with Crippen molar-refractivity contribution in [3.8, 4) is 0 Å². The number of nitrogens with zero attached hydrogens (tertiary/aromatic N) is 1. The number of aldehydes is 1. The average Bonchev–Trinajstić information content (AvgIpc) is 3.31. The van der Waals surface area contributed by atoms with Crippen molar-refractivity contribution in [2.45, 2.75) is 76.7 Å². The van der Waals surface area contributed by atoms with Crippen LogP contribution in [0.2, 0.25) is 0 Å². The van der Waals surface area contributed by atoms with E-state index in [0.717, 1.165) is 44.1 Å². The summed E-state index contributed by atoms with van der Waals surface area (Å²) in [5, 5.41) is 0. The smallest absolute Gasteiger partial charge is 0.167 e. The Bertz CT molecular complexity index is 647. The summed E-state index contributed by atoms with van der Waals surface area (Å²) >= 11 is 1.73. The molecule has 0 spiro atoms. The summed E-state index contributed by atoms with van der Waals surface area (Å²) in [4.78, 5) is 27.3. The number of thioether (sulfide) groups is 1. The van der Waals surface area contributed by atoms with E-state index < -0.39 is 0 Å². The maximum atomic E-state index is 12.4. The lowest BCUT2D eigenvalue weighted by Gasteiger charge is -2.20. The standard InChI is InChI=1S/C17H24O2S.C6H9NO.C2H6/c1-3-5-17(18)16(12-14-6-4-11-19-14)13-7-9-15(20-2)10-8-13;1-3-4-6(5-8)7-2;1-2/h7-10,14,16H,3-6,11-12H2,1-2H3;3-5H,1-2H3;1-2H3/b;4-3-,7-6?;. The summed E-state index contributed by atoms with van der Waals surface area (Å²) in [6.45, 7) is 8.76. The number of hydrogen-bond donors (Lipinski definition) is 0. The van der Waals surface area contributed by atoms with Crippen molar-refractivity contribution in [2.24, 2.45) is 4.99 Å². The van der Waals surface area contributed by atoms with E-state index in [1.807, 2.05) is 20.8 Å². The van der Waals surface area contributed by atoms with Gasteiger partial charge < -0.3 is 4.74 Å². The maximum absolute atomic E-state index is 12.4. The van der Waals surface area contributed by atoms with Crippen molar-refractivity contribution in [2.75, 3.05) is 19.9 Å². The summed E-state index contributed by atoms with van der Waals surface area (Å²) < 4.78 is 5.72. The minimum Gasteiger partial charge on any atom is -0.378 e. The van der Waals surface area contributed by atoms with Crippen LogP contribution in [0, 0.1) is 0 Å². The van der Waals surface area contributed by atoms with Gasteiger partial charge in [0.2, 0.25) is 0 Å². The van der Waals surface area contributed by atoms with Crippen LogP contribution in [-0.2, 0) is 14.3 Å². The Morgan fingerprint density at radius 3 is 2.37 bits per heavy atom. The van der Waals surface area contributed by atoms with Gasteiger partial charge in [0.15, 0.2) is 6.29 Å². The molecule has 1 aliphatic heterocycles. The highest BCUT2D eigenvalue weighted by Crippen LogP contribution is 2.30. The zero-order valence-corrected chi connectivity index (χ0v) is 20.3. The molecule has 1 aliphatic rings. The van der Waals surface area contributed by atoms with E-state index in [1.54, 1.807) is 31.0 Å². The fourth-order valence-corrected chi connectivity index (χ4v) is 3.55. The van der Waals surface area contributed by atoms with Crippen LogP contribution in [0.4, 0.5) is 0 Å². The summed E-state index contributed by atoms with van der Waals surface area (Å²) in [6.07, 6.45) is 11.2. The fourth-order valence-electron chi connectivity index (χ4n) is 3.14. The molecule has 0 amide bonds. The highest BCUT2D eigenvalue weighted by molar-refractivity contribution is 7.98. The van der Waals surface area contributed by atoms with Crippen LogP contribution in [0.1, 0.15) is 71.3 Å². The van der Waals surface area contributed by atoms with Crippen molar-refractivity contribution in [3.05, 3.63) is 42.0 Å². The van der Waals surface area contributed by atoms with Crippen LogP contribution in [0.3, 0.4) is 0 Å². The normalized spacial score (nSPS) is 16.9. The minimum atomic E-state index is 0.00829. The SMILES string of the molecule is C/C=C\C(C=O)=NC.CC.CCCC(=O)C(CC1CCCO1)c1ccc(SC)cc1. The lowest BCUT2D eigenvalue weighted by molar-refractivity contribution is -0.121. The summed E-state index contributed by atoms with van der Waals surface area (Å²) in [5.74, 6) is 0.369. The Morgan fingerprint density at radius 1 is 1.30 bits per heavy atom. The van der Waals surface area contributed by atoms with Gasteiger partial charge in [-0.25, -0.2) is 0 Å². The maximum Gasteiger partial charge on any atom is 0.167 e. The van der Waals surface area contributed by atoms with E-state index >= 15 is 0 Å². The van der Waals surface area contributed by atoms with Crippen LogP contribution < -0.4 is 0 Å². The zero-order chi connectivity index (χ0) is 22.8. The molecule has 30 heavy (non-hydrogen) atoms. The van der Waals surface area contributed by atoms with Crippen molar-refractivity contribution in [1.29, 1.82) is 0 Å². The van der Waals surface area contributed by atoms with Gasteiger partial charge >= 0.3 is 0 Å². The van der Waals surface area contributed by atoms with Gasteiger partial charge in [-0.3, -0.25) is 14.6 Å². The molecule has 2 unspecified atom stereocenters. The third-order valence-corrected chi connectivity index (χ3v) is 5.39. The highest BCUT2D eigenvalue weighted by Gasteiger charge is 2.26.